The van der Waals surface area contributed by atoms with Crippen LogP contribution in [0, 0.1) is 0 Å². The fraction of sp³-hybridized carbons (Fsp3) is 0.421. The van der Waals surface area contributed by atoms with Gasteiger partial charge in [-0.1, -0.05) is 11.6 Å². The molecule has 1 saturated heterocycles. The molecule has 3 heterocycles. The molecule has 1 amide bonds. The maximum Gasteiger partial charge on any atom is 0.417 e. The number of carbonyl (C=O) groups excluding carboxylic acids is 1. The number of ether oxygens (including phenoxy) is 2. The summed E-state index contributed by atoms with van der Waals surface area (Å²) in [5.41, 5.74) is -0.560. The molecule has 7 nitrogen and oxygen atoms in total. The van der Waals surface area contributed by atoms with Crippen molar-refractivity contribution >= 4 is 23.3 Å². The summed E-state index contributed by atoms with van der Waals surface area (Å²) in [6, 6.07) is 4.15. The summed E-state index contributed by atoms with van der Waals surface area (Å²) in [5.74, 6) is 0.262. The van der Waals surface area contributed by atoms with E-state index in [1.165, 1.54) is 6.20 Å². The van der Waals surface area contributed by atoms with Gasteiger partial charge in [0.05, 0.1) is 17.2 Å². The molecule has 11 heteroatoms. The molecule has 0 radical (unpaired) electrons. The standard InChI is InChI=1S/C19H20ClF3N4O3/c1-29-9-10-30-17-14(3-2-4-24-17)18(28)27-7-5-26(6-8-27)16-15(20)11-13(12-25-16)19(21,22)23/h2-4,11-12H,5-10H2,1H3. The van der Waals surface area contributed by atoms with Crippen molar-refractivity contribution in [3.05, 3.63) is 46.7 Å². The third kappa shape index (κ3) is 5.11. The van der Waals surface area contributed by atoms with Crippen molar-refractivity contribution in [2.24, 2.45) is 0 Å². The normalized spacial score (nSPS) is 14.7. The van der Waals surface area contributed by atoms with E-state index in [2.05, 4.69) is 9.97 Å². The van der Waals surface area contributed by atoms with Gasteiger partial charge >= 0.3 is 6.18 Å². The number of hydrogen-bond donors (Lipinski definition) is 0. The molecule has 0 atom stereocenters. The zero-order chi connectivity index (χ0) is 21.7. The second-order valence-electron chi connectivity index (χ2n) is 6.50. The minimum Gasteiger partial charge on any atom is -0.475 e. The average molecular weight is 445 g/mol. The van der Waals surface area contributed by atoms with Crippen LogP contribution in [-0.2, 0) is 10.9 Å². The Morgan fingerprint density at radius 1 is 1.20 bits per heavy atom. The van der Waals surface area contributed by atoms with Crippen LogP contribution in [0.4, 0.5) is 19.0 Å². The van der Waals surface area contributed by atoms with Gasteiger partial charge in [-0.2, -0.15) is 13.2 Å². The predicted octanol–water partition coefficient (Wildman–Crippen LogP) is 3.14. The van der Waals surface area contributed by atoms with Gasteiger partial charge < -0.3 is 19.3 Å². The van der Waals surface area contributed by atoms with Crippen LogP contribution in [0.25, 0.3) is 0 Å². The van der Waals surface area contributed by atoms with E-state index in [4.69, 9.17) is 21.1 Å². The van der Waals surface area contributed by atoms with Crippen molar-refractivity contribution in [3.63, 3.8) is 0 Å². The van der Waals surface area contributed by atoms with Crippen molar-refractivity contribution in [2.75, 3.05) is 51.4 Å². The van der Waals surface area contributed by atoms with Gasteiger partial charge in [-0.05, 0) is 18.2 Å². The first-order valence-electron chi connectivity index (χ1n) is 9.15. The van der Waals surface area contributed by atoms with E-state index in [1.807, 2.05) is 0 Å². The topological polar surface area (TPSA) is 67.8 Å². The van der Waals surface area contributed by atoms with Crippen LogP contribution in [-0.4, -0.2) is 67.3 Å². The number of nitrogens with zero attached hydrogens (tertiary/aromatic N) is 4. The van der Waals surface area contributed by atoms with Gasteiger partial charge in [0, 0.05) is 45.7 Å². The predicted molar refractivity (Wildman–Crippen MR) is 104 cm³/mol. The fourth-order valence-electron chi connectivity index (χ4n) is 3.00. The Kier molecular flexibility index (Phi) is 6.99. The lowest BCUT2D eigenvalue weighted by Crippen LogP contribution is -2.49. The highest BCUT2D eigenvalue weighted by Gasteiger charge is 2.32. The van der Waals surface area contributed by atoms with Crippen molar-refractivity contribution in [3.8, 4) is 5.88 Å². The maximum absolute atomic E-state index is 12.9. The van der Waals surface area contributed by atoms with Gasteiger partial charge in [-0.15, -0.1) is 0 Å². The Labute approximate surface area is 176 Å². The zero-order valence-electron chi connectivity index (χ0n) is 16.2. The van der Waals surface area contributed by atoms with E-state index in [0.717, 1.165) is 12.3 Å². The lowest BCUT2D eigenvalue weighted by Gasteiger charge is -2.36. The molecule has 162 valence electrons. The number of piperazine rings is 1. The monoisotopic (exact) mass is 444 g/mol. The second kappa shape index (κ2) is 9.48. The molecule has 0 bridgehead atoms. The van der Waals surface area contributed by atoms with E-state index >= 15 is 0 Å². The Hall–Kier alpha value is -2.59. The van der Waals surface area contributed by atoms with Crippen molar-refractivity contribution in [1.29, 1.82) is 0 Å². The van der Waals surface area contributed by atoms with Crippen molar-refractivity contribution in [2.45, 2.75) is 6.18 Å². The average Bonchev–Trinajstić information content (AvgIpc) is 2.73. The van der Waals surface area contributed by atoms with Crippen LogP contribution in [0.5, 0.6) is 5.88 Å². The second-order valence-corrected chi connectivity index (χ2v) is 6.91. The molecule has 2 aromatic heterocycles. The Balaban J connectivity index is 1.66. The molecule has 3 rings (SSSR count). The molecular weight excluding hydrogens is 425 g/mol. The molecule has 1 aliphatic heterocycles. The smallest absolute Gasteiger partial charge is 0.417 e. The minimum atomic E-state index is -4.51. The molecule has 0 N–H and O–H groups in total. The van der Waals surface area contributed by atoms with Gasteiger partial charge in [0.1, 0.15) is 18.0 Å². The number of rotatable bonds is 6. The highest BCUT2D eigenvalue weighted by atomic mass is 35.5. The Bertz CT molecular complexity index is 890. The molecule has 30 heavy (non-hydrogen) atoms. The molecule has 0 spiro atoms. The van der Waals surface area contributed by atoms with Crippen LogP contribution in [0.2, 0.25) is 5.02 Å². The van der Waals surface area contributed by atoms with Gasteiger partial charge in [0.25, 0.3) is 5.91 Å². The van der Waals surface area contributed by atoms with E-state index < -0.39 is 11.7 Å². The number of carbonyl (C=O) groups is 1. The largest absolute Gasteiger partial charge is 0.475 e. The molecule has 0 unspecified atom stereocenters. The lowest BCUT2D eigenvalue weighted by atomic mass is 10.2. The van der Waals surface area contributed by atoms with Gasteiger partial charge in [-0.3, -0.25) is 4.79 Å². The molecule has 2 aromatic rings. The SMILES string of the molecule is COCCOc1ncccc1C(=O)N1CCN(c2ncc(C(F)(F)F)cc2Cl)CC1. The molecule has 0 saturated carbocycles. The van der Waals surface area contributed by atoms with E-state index in [-0.39, 0.29) is 29.2 Å². The lowest BCUT2D eigenvalue weighted by molar-refractivity contribution is -0.137. The van der Waals surface area contributed by atoms with Crippen LogP contribution in [0.3, 0.4) is 0 Å². The Morgan fingerprint density at radius 2 is 1.93 bits per heavy atom. The number of amides is 1. The highest BCUT2D eigenvalue weighted by molar-refractivity contribution is 6.33. The molecule has 1 fully saturated rings. The molecule has 1 aliphatic rings. The molecule has 0 aliphatic carbocycles. The first kappa shape index (κ1) is 22.1. The number of hydrogen-bond acceptors (Lipinski definition) is 6. The number of anilines is 1. The van der Waals surface area contributed by atoms with Crippen LogP contribution in [0.1, 0.15) is 15.9 Å². The van der Waals surface area contributed by atoms with Crippen molar-refractivity contribution in [1.82, 2.24) is 14.9 Å². The summed E-state index contributed by atoms with van der Waals surface area (Å²) in [7, 11) is 1.55. The van der Waals surface area contributed by atoms with E-state index in [9.17, 15) is 18.0 Å². The van der Waals surface area contributed by atoms with Gasteiger partial charge in [0.15, 0.2) is 0 Å². The first-order chi connectivity index (χ1) is 14.3. The van der Waals surface area contributed by atoms with Crippen LogP contribution >= 0.6 is 11.6 Å². The molecule has 0 aromatic carbocycles. The summed E-state index contributed by atoms with van der Waals surface area (Å²) in [6.07, 6.45) is -2.21. The third-order valence-electron chi connectivity index (χ3n) is 4.54. The van der Waals surface area contributed by atoms with Crippen molar-refractivity contribution < 1.29 is 27.4 Å². The zero-order valence-corrected chi connectivity index (χ0v) is 16.9. The number of methoxy groups -OCH3 is 1. The highest BCUT2D eigenvalue weighted by Crippen LogP contribution is 2.33. The van der Waals surface area contributed by atoms with E-state index in [0.29, 0.717) is 38.3 Å². The summed E-state index contributed by atoms with van der Waals surface area (Å²) in [5, 5.41) is -0.0781. The maximum atomic E-state index is 12.9. The quantitative estimate of drug-likeness (QED) is 0.638. The van der Waals surface area contributed by atoms with Gasteiger partial charge in [0.2, 0.25) is 5.88 Å². The van der Waals surface area contributed by atoms with Crippen LogP contribution < -0.4 is 9.64 Å². The fourth-order valence-corrected chi connectivity index (χ4v) is 3.29. The molecular formula is C19H20ClF3N4O3. The summed E-state index contributed by atoms with van der Waals surface area (Å²) in [4.78, 5) is 24.3. The van der Waals surface area contributed by atoms with E-state index in [1.54, 1.807) is 29.0 Å². The first-order valence-corrected chi connectivity index (χ1v) is 9.52. The number of alkyl halides is 3. The summed E-state index contributed by atoms with van der Waals surface area (Å²) < 4.78 is 48.8. The summed E-state index contributed by atoms with van der Waals surface area (Å²) >= 11 is 6.03. The Morgan fingerprint density at radius 3 is 2.57 bits per heavy atom. The number of aromatic nitrogens is 2. The summed E-state index contributed by atoms with van der Waals surface area (Å²) in [6.45, 7) is 2.09. The third-order valence-corrected chi connectivity index (χ3v) is 4.82. The van der Waals surface area contributed by atoms with Gasteiger partial charge in [-0.25, -0.2) is 9.97 Å². The van der Waals surface area contributed by atoms with Crippen LogP contribution in [0.15, 0.2) is 30.6 Å². The minimum absolute atomic E-state index is 0.0781. The number of pyridine rings is 2. The number of halogens is 4.